The Labute approximate surface area is 182 Å². The van der Waals surface area contributed by atoms with Crippen molar-refractivity contribution in [3.05, 3.63) is 66.2 Å². The van der Waals surface area contributed by atoms with Gasteiger partial charge in [0.2, 0.25) is 5.91 Å². The number of carbonyl (C=O) groups is 2. The van der Waals surface area contributed by atoms with E-state index in [9.17, 15) is 19.8 Å². The Kier molecular flexibility index (Phi) is 8.20. The maximum atomic E-state index is 12.3. The van der Waals surface area contributed by atoms with Crippen molar-refractivity contribution in [2.24, 2.45) is 5.92 Å². The van der Waals surface area contributed by atoms with Gasteiger partial charge in [-0.1, -0.05) is 48.6 Å². The molecule has 3 rings (SSSR count). The molecule has 0 aromatic heterocycles. The van der Waals surface area contributed by atoms with Gasteiger partial charge in [-0.15, -0.1) is 0 Å². The summed E-state index contributed by atoms with van der Waals surface area (Å²) in [6, 6.07) is 16.4. The fourth-order valence-electron chi connectivity index (χ4n) is 3.62. The Balaban J connectivity index is 1.43. The summed E-state index contributed by atoms with van der Waals surface area (Å²) in [5, 5.41) is 21.7. The molecule has 0 spiro atoms. The highest BCUT2D eigenvalue weighted by Crippen LogP contribution is 2.17. The first-order chi connectivity index (χ1) is 15.0. The zero-order chi connectivity index (χ0) is 22.1. The number of amides is 1. The molecule has 0 bridgehead atoms. The normalized spacial score (nSPS) is 16.3. The Bertz CT molecular complexity index is 893. The monoisotopic (exact) mass is 423 g/mol. The Hall–Kier alpha value is -3.16. The van der Waals surface area contributed by atoms with E-state index in [1.54, 1.807) is 12.1 Å². The molecule has 1 amide bonds. The number of aliphatic carboxylic acids is 1. The SMILES string of the molecule is O=C(C[C@H](CN1CCN(CC=Cc2ccccc2)CC1)C(=O)O)Nc1cccc(O)c1. The smallest absolute Gasteiger partial charge is 0.308 e. The lowest BCUT2D eigenvalue weighted by Gasteiger charge is -2.35. The third-order valence-corrected chi connectivity index (χ3v) is 5.33. The van der Waals surface area contributed by atoms with Crippen LogP contribution in [0.15, 0.2) is 60.7 Å². The lowest BCUT2D eigenvalue weighted by atomic mass is 10.0. The zero-order valence-corrected chi connectivity index (χ0v) is 17.5. The number of aromatic hydroxyl groups is 1. The molecule has 31 heavy (non-hydrogen) atoms. The first-order valence-corrected chi connectivity index (χ1v) is 10.5. The Morgan fingerprint density at radius 2 is 1.71 bits per heavy atom. The van der Waals surface area contributed by atoms with E-state index in [-0.39, 0.29) is 18.1 Å². The first kappa shape index (κ1) is 22.5. The number of nitrogens with zero attached hydrogens (tertiary/aromatic N) is 2. The number of carboxylic acid groups (broad SMARTS) is 1. The number of phenols is 1. The third kappa shape index (κ3) is 7.55. The minimum atomic E-state index is -0.973. The van der Waals surface area contributed by atoms with Crippen LogP contribution in [0.4, 0.5) is 5.69 Å². The summed E-state index contributed by atoms with van der Waals surface area (Å²) in [6.45, 7) is 4.48. The number of benzene rings is 2. The molecule has 1 fully saturated rings. The van der Waals surface area contributed by atoms with Gasteiger partial charge < -0.3 is 15.5 Å². The van der Waals surface area contributed by atoms with E-state index < -0.39 is 11.9 Å². The number of carboxylic acids is 1. The number of rotatable bonds is 9. The van der Waals surface area contributed by atoms with Crippen LogP contribution < -0.4 is 5.32 Å². The van der Waals surface area contributed by atoms with Crippen molar-refractivity contribution in [3.63, 3.8) is 0 Å². The summed E-state index contributed by atoms with van der Waals surface area (Å²) in [5.41, 5.74) is 1.63. The molecule has 1 aliphatic heterocycles. The maximum absolute atomic E-state index is 12.3. The van der Waals surface area contributed by atoms with E-state index in [0.29, 0.717) is 12.2 Å². The van der Waals surface area contributed by atoms with Gasteiger partial charge in [-0.25, -0.2) is 0 Å². The summed E-state index contributed by atoms with van der Waals surface area (Å²) in [5.74, 6) is -2.08. The predicted octanol–water partition coefficient (Wildman–Crippen LogP) is 2.75. The molecule has 7 heteroatoms. The van der Waals surface area contributed by atoms with Crippen LogP contribution in [-0.2, 0) is 9.59 Å². The molecule has 0 unspecified atom stereocenters. The molecule has 1 atom stereocenters. The summed E-state index contributed by atoms with van der Waals surface area (Å²) in [4.78, 5) is 28.4. The second-order valence-electron chi connectivity index (χ2n) is 7.75. The third-order valence-electron chi connectivity index (χ3n) is 5.33. The summed E-state index contributed by atoms with van der Waals surface area (Å²) < 4.78 is 0. The van der Waals surface area contributed by atoms with E-state index >= 15 is 0 Å². The molecule has 1 aliphatic rings. The number of piperazine rings is 1. The van der Waals surface area contributed by atoms with Crippen molar-refractivity contribution in [1.29, 1.82) is 0 Å². The van der Waals surface area contributed by atoms with E-state index in [1.165, 1.54) is 17.7 Å². The fraction of sp³-hybridized carbons (Fsp3) is 0.333. The average molecular weight is 424 g/mol. The van der Waals surface area contributed by atoms with Crippen molar-refractivity contribution in [2.45, 2.75) is 6.42 Å². The van der Waals surface area contributed by atoms with Gasteiger partial charge in [-0.3, -0.25) is 19.4 Å². The predicted molar refractivity (Wildman–Crippen MR) is 121 cm³/mol. The molecular weight excluding hydrogens is 394 g/mol. The van der Waals surface area contributed by atoms with Gasteiger partial charge >= 0.3 is 5.97 Å². The fourth-order valence-corrected chi connectivity index (χ4v) is 3.62. The van der Waals surface area contributed by atoms with Crippen LogP contribution in [0.5, 0.6) is 5.75 Å². The van der Waals surface area contributed by atoms with Crippen LogP contribution in [0.1, 0.15) is 12.0 Å². The quantitative estimate of drug-likeness (QED) is 0.574. The van der Waals surface area contributed by atoms with Crippen molar-refractivity contribution in [3.8, 4) is 5.75 Å². The second kappa shape index (κ2) is 11.3. The van der Waals surface area contributed by atoms with Crippen LogP contribution >= 0.6 is 0 Å². The lowest BCUT2D eigenvalue weighted by Crippen LogP contribution is -2.48. The minimum Gasteiger partial charge on any atom is -0.508 e. The number of nitrogens with one attached hydrogen (secondary N) is 1. The average Bonchev–Trinajstić information content (AvgIpc) is 2.75. The molecule has 0 radical (unpaired) electrons. The van der Waals surface area contributed by atoms with Crippen LogP contribution in [0, 0.1) is 5.92 Å². The molecular formula is C24H29N3O4. The van der Waals surface area contributed by atoms with Crippen LogP contribution in [0.25, 0.3) is 6.08 Å². The van der Waals surface area contributed by atoms with Gasteiger partial charge in [0, 0.05) is 57.4 Å². The van der Waals surface area contributed by atoms with Crippen molar-refractivity contribution in [2.75, 3.05) is 44.6 Å². The molecule has 2 aromatic carbocycles. The Morgan fingerprint density at radius 3 is 2.39 bits per heavy atom. The van der Waals surface area contributed by atoms with E-state index in [1.807, 2.05) is 18.2 Å². The van der Waals surface area contributed by atoms with Gasteiger partial charge in [0.1, 0.15) is 5.75 Å². The molecule has 0 aliphatic carbocycles. The summed E-state index contributed by atoms with van der Waals surface area (Å²) >= 11 is 0. The molecule has 1 saturated heterocycles. The number of hydrogen-bond donors (Lipinski definition) is 3. The molecule has 164 valence electrons. The number of phenolic OH excluding ortho intramolecular Hbond substituents is 1. The van der Waals surface area contributed by atoms with Crippen molar-refractivity contribution >= 4 is 23.6 Å². The van der Waals surface area contributed by atoms with Crippen molar-refractivity contribution in [1.82, 2.24) is 9.80 Å². The van der Waals surface area contributed by atoms with Crippen molar-refractivity contribution < 1.29 is 19.8 Å². The molecule has 2 aromatic rings. The maximum Gasteiger partial charge on any atom is 0.308 e. The summed E-state index contributed by atoms with van der Waals surface area (Å²) in [6.07, 6.45) is 4.15. The molecule has 1 heterocycles. The Morgan fingerprint density at radius 1 is 1.00 bits per heavy atom. The highest BCUT2D eigenvalue weighted by molar-refractivity contribution is 5.93. The minimum absolute atomic E-state index is 0.0454. The number of anilines is 1. The van der Waals surface area contributed by atoms with Gasteiger partial charge in [-0.2, -0.15) is 0 Å². The van der Waals surface area contributed by atoms with Gasteiger partial charge in [0.05, 0.1) is 5.92 Å². The largest absolute Gasteiger partial charge is 0.508 e. The number of hydrogen-bond acceptors (Lipinski definition) is 5. The van der Waals surface area contributed by atoms with Gasteiger partial charge in [-0.05, 0) is 17.7 Å². The highest BCUT2D eigenvalue weighted by atomic mass is 16.4. The topological polar surface area (TPSA) is 93.1 Å². The lowest BCUT2D eigenvalue weighted by molar-refractivity contribution is -0.144. The molecule has 0 saturated carbocycles. The molecule has 7 nitrogen and oxygen atoms in total. The van der Waals surface area contributed by atoms with Gasteiger partial charge in [0.25, 0.3) is 0 Å². The summed E-state index contributed by atoms with van der Waals surface area (Å²) in [7, 11) is 0. The standard InChI is InChI=1S/C24H29N3O4/c28-22-10-4-9-21(17-22)25-23(29)16-20(24(30)31)18-27-14-12-26(13-15-27)11-5-8-19-6-2-1-3-7-19/h1-10,17,20,28H,11-16,18H2,(H,25,29)(H,30,31)/t20-/m1/s1. The van der Waals surface area contributed by atoms with E-state index in [0.717, 1.165) is 32.7 Å². The van der Waals surface area contributed by atoms with Gasteiger partial charge in [0.15, 0.2) is 0 Å². The van der Waals surface area contributed by atoms with Crippen LogP contribution in [0.2, 0.25) is 0 Å². The van der Waals surface area contributed by atoms with E-state index in [4.69, 9.17) is 0 Å². The number of carbonyl (C=O) groups excluding carboxylic acids is 1. The van der Waals surface area contributed by atoms with Crippen LogP contribution in [0.3, 0.4) is 0 Å². The highest BCUT2D eigenvalue weighted by Gasteiger charge is 2.26. The molecule has 3 N–H and O–H groups in total. The first-order valence-electron chi connectivity index (χ1n) is 10.5. The zero-order valence-electron chi connectivity index (χ0n) is 17.5. The van der Waals surface area contributed by atoms with E-state index in [2.05, 4.69) is 39.4 Å². The van der Waals surface area contributed by atoms with Crippen LogP contribution in [-0.4, -0.2) is 71.2 Å². The second-order valence-corrected chi connectivity index (χ2v) is 7.75.